The predicted molar refractivity (Wildman–Crippen MR) is 99.7 cm³/mol. The number of aromatic nitrogens is 3. The van der Waals surface area contributed by atoms with Gasteiger partial charge in [0.25, 0.3) is 5.91 Å². The summed E-state index contributed by atoms with van der Waals surface area (Å²) in [6.45, 7) is 5.33. The molecule has 2 aliphatic rings. The molecule has 4 rings (SSSR count). The van der Waals surface area contributed by atoms with Crippen LogP contribution in [0.2, 0.25) is 0 Å². The lowest BCUT2D eigenvalue weighted by atomic mass is 9.71. The Bertz CT molecular complexity index is 952. The molecule has 1 unspecified atom stereocenters. The number of likely N-dealkylation sites (tertiary alicyclic amines) is 2. The summed E-state index contributed by atoms with van der Waals surface area (Å²) in [4.78, 5) is 37.1. The molecule has 2 fully saturated rings. The van der Waals surface area contributed by atoms with Crippen molar-refractivity contribution < 1.29 is 23.6 Å². The molecule has 0 aliphatic carbocycles. The van der Waals surface area contributed by atoms with Crippen molar-refractivity contribution >= 4 is 11.8 Å². The van der Waals surface area contributed by atoms with Gasteiger partial charge in [-0.2, -0.15) is 9.97 Å². The number of ether oxygens (including phenoxy) is 2. The average Bonchev–Trinajstić information content (AvgIpc) is 3.29. The standard InChI is InChI=1S/C19H23N5O5/c1-11-20-17(29-22-11)14-7-23(12(2)25)8-19(14)9-24(10-19)18(26)13-5-6-15(27-3)21-16(13)28-4/h5-6,14H,7-10H2,1-4H3. The Kier molecular flexibility index (Phi) is 4.64. The molecule has 0 aromatic carbocycles. The molecule has 1 atom stereocenters. The maximum Gasteiger partial charge on any atom is 0.259 e. The van der Waals surface area contributed by atoms with E-state index in [1.807, 2.05) is 0 Å². The number of methoxy groups -OCH3 is 2. The van der Waals surface area contributed by atoms with Gasteiger partial charge >= 0.3 is 0 Å². The summed E-state index contributed by atoms with van der Waals surface area (Å²) in [7, 11) is 2.97. The Balaban J connectivity index is 1.56. The third-order valence-electron chi connectivity index (χ3n) is 5.70. The van der Waals surface area contributed by atoms with Crippen LogP contribution >= 0.6 is 0 Å². The van der Waals surface area contributed by atoms with Crippen LogP contribution in [0.25, 0.3) is 0 Å². The lowest BCUT2D eigenvalue weighted by Crippen LogP contribution is -2.61. The molecule has 29 heavy (non-hydrogen) atoms. The number of carbonyl (C=O) groups excluding carboxylic acids is 2. The van der Waals surface area contributed by atoms with Crippen molar-refractivity contribution in [1.82, 2.24) is 24.9 Å². The highest BCUT2D eigenvalue weighted by Gasteiger charge is 2.58. The summed E-state index contributed by atoms with van der Waals surface area (Å²) in [5, 5.41) is 3.89. The number of hydrogen-bond donors (Lipinski definition) is 0. The second kappa shape index (κ2) is 7.02. The number of nitrogens with zero attached hydrogens (tertiary/aromatic N) is 5. The smallest absolute Gasteiger partial charge is 0.259 e. The number of pyridine rings is 1. The fraction of sp³-hybridized carbons (Fsp3) is 0.526. The highest BCUT2D eigenvalue weighted by Crippen LogP contribution is 2.49. The van der Waals surface area contributed by atoms with Crippen LogP contribution in [0, 0.1) is 12.3 Å². The van der Waals surface area contributed by atoms with Crippen LogP contribution in [0.4, 0.5) is 0 Å². The molecule has 2 saturated heterocycles. The van der Waals surface area contributed by atoms with Crippen LogP contribution in [0.5, 0.6) is 11.8 Å². The molecule has 0 N–H and O–H groups in total. The fourth-order valence-corrected chi connectivity index (χ4v) is 4.21. The summed E-state index contributed by atoms with van der Waals surface area (Å²) < 4.78 is 15.8. The minimum atomic E-state index is -0.298. The minimum absolute atomic E-state index is 0.00564. The number of carbonyl (C=O) groups is 2. The zero-order valence-electron chi connectivity index (χ0n) is 16.8. The number of hydrogen-bond acceptors (Lipinski definition) is 8. The molecular formula is C19H23N5O5. The molecule has 154 valence electrons. The predicted octanol–water partition coefficient (Wildman–Crippen LogP) is 0.878. The van der Waals surface area contributed by atoms with E-state index in [0.29, 0.717) is 49.3 Å². The molecule has 0 bridgehead atoms. The lowest BCUT2D eigenvalue weighted by molar-refractivity contribution is -0.128. The van der Waals surface area contributed by atoms with Crippen LogP contribution in [0.3, 0.4) is 0 Å². The van der Waals surface area contributed by atoms with Crippen LogP contribution in [-0.2, 0) is 4.79 Å². The SMILES string of the molecule is COc1ccc(C(=O)N2CC3(CN(C(C)=O)CC3c3nc(C)no3)C2)c(OC)n1. The second-order valence-corrected chi connectivity index (χ2v) is 7.57. The van der Waals surface area contributed by atoms with E-state index < -0.39 is 0 Å². The maximum atomic E-state index is 13.0. The van der Waals surface area contributed by atoms with Crippen molar-refractivity contribution in [3.8, 4) is 11.8 Å². The van der Waals surface area contributed by atoms with Gasteiger partial charge in [0.15, 0.2) is 5.82 Å². The van der Waals surface area contributed by atoms with Crippen molar-refractivity contribution in [3.05, 3.63) is 29.4 Å². The molecule has 10 heteroatoms. The first-order valence-electron chi connectivity index (χ1n) is 9.31. The van der Waals surface area contributed by atoms with Crippen LogP contribution in [0.15, 0.2) is 16.7 Å². The van der Waals surface area contributed by atoms with Gasteiger partial charge in [0.2, 0.25) is 23.6 Å². The Morgan fingerprint density at radius 2 is 1.86 bits per heavy atom. The zero-order chi connectivity index (χ0) is 20.8. The molecule has 2 aliphatic heterocycles. The van der Waals surface area contributed by atoms with Gasteiger partial charge in [0.1, 0.15) is 5.56 Å². The Hall–Kier alpha value is -3.17. The van der Waals surface area contributed by atoms with Crippen LogP contribution < -0.4 is 9.47 Å². The molecule has 0 radical (unpaired) electrons. The van der Waals surface area contributed by atoms with Gasteiger partial charge < -0.3 is 23.8 Å². The number of rotatable bonds is 4. The summed E-state index contributed by atoms with van der Waals surface area (Å²) in [5.41, 5.74) is 0.0720. The molecule has 2 aromatic rings. The summed E-state index contributed by atoms with van der Waals surface area (Å²) in [6.07, 6.45) is 0. The van der Waals surface area contributed by atoms with Gasteiger partial charge in [-0.25, -0.2) is 0 Å². The summed E-state index contributed by atoms with van der Waals surface area (Å²) >= 11 is 0. The lowest BCUT2D eigenvalue weighted by Gasteiger charge is -2.50. The molecule has 1 spiro atoms. The largest absolute Gasteiger partial charge is 0.481 e. The highest BCUT2D eigenvalue weighted by atomic mass is 16.5. The Labute approximate surface area is 167 Å². The fourth-order valence-electron chi connectivity index (χ4n) is 4.21. The van der Waals surface area contributed by atoms with E-state index in [2.05, 4.69) is 15.1 Å². The molecule has 2 amide bonds. The van der Waals surface area contributed by atoms with E-state index in [1.165, 1.54) is 14.2 Å². The van der Waals surface area contributed by atoms with Crippen molar-refractivity contribution in [2.24, 2.45) is 5.41 Å². The molecule has 4 heterocycles. The Morgan fingerprint density at radius 3 is 2.45 bits per heavy atom. The van der Waals surface area contributed by atoms with Gasteiger partial charge in [0, 0.05) is 44.6 Å². The average molecular weight is 401 g/mol. The first-order chi connectivity index (χ1) is 13.9. The van der Waals surface area contributed by atoms with Crippen molar-refractivity contribution in [1.29, 1.82) is 0 Å². The summed E-state index contributed by atoms with van der Waals surface area (Å²) in [5.74, 6) is 1.37. The van der Waals surface area contributed by atoms with Gasteiger partial charge in [-0.15, -0.1) is 0 Å². The quantitative estimate of drug-likeness (QED) is 0.742. The third-order valence-corrected chi connectivity index (χ3v) is 5.70. The number of amides is 2. The monoisotopic (exact) mass is 401 g/mol. The third kappa shape index (κ3) is 3.18. The van der Waals surface area contributed by atoms with Crippen LogP contribution in [-0.4, -0.2) is 77.1 Å². The van der Waals surface area contributed by atoms with Gasteiger partial charge in [-0.1, -0.05) is 5.16 Å². The van der Waals surface area contributed by atoms with Gasteiger partial charge in [-0.3, -0.25) is 9.59 Å². The second-order valence-electron chi connectivity index (χ2n) is 7.57. The first kappa shape index (κ1) is 19.2. The molecule has 2 aromatic heterocycles. The van der Waals surface area contributed by atoms with Gasteiger partial charge in [-0.05, 0) is 13.0 Å². The number of aryl methyl sites for hydroxylation is 1. The van der Waals surface area contributed by atoms with E-state index in [-0.39, 0.29) is 29.0 Å². The maximum absolute atomic E-state index is 13.0. The highest BCUT2D eigenvalue weighted by molar-refractivity contribution is 5.97. The zero-order valence-corrected chi connectivity index (χ0v) is 16.8. The van der Waals surface area contributed by atoms with Crippen molar-refractivity contribution in [2.45, 2.75) is 19.8 Å². The van der Waals surface area contributed by atoms with E-state index in [1.54, 1.807) is 35.8 Å². The van der Waals surface area contributed by atoms with Crippen molar-refractivity contribution in [2.75, 3.05) is 40.4 Å². The molecule has 0 saturated carbocycles. The summed E-state index contributed by atoms with van der Waals surface area (Å²) in [6, 6.07) is 3.27. The van der Waals surface area contributed by atoms with Gasteiger partial charge in [0.05, 0.1) is 20.1 Å². The van der Waals surface area contributed by atoms with E-state index in [9.17, 15) is 9.59 Å². The molecule has 10 nitrogen and oxygen atoms in total. The minimum Gasteiger partial charge on any atom is -0.481 e. The van der Waals surface area contributed by atoms with Crippen LogP contribution in [0.1, 0.15) is 34.9 Å². The van der Waals surface area contributed by atoms with E-state index >= 15 is 0 Å². The molecular weight excluding hydrogens is 378 g/mol. The van der Waals surface area contributed by atoms with Crippen molar-refractivity contribution in [3.63, 3.8) is 0 Å². The Morgan fingerprint density at radius 1 is 1.14 bits per heavy atom. The van der Waals surface area contributed by atoms with E-state index in [4.69, 9.17) is 14.0 Å². The topological polar surface area (TPSA) is 111 Å². The normalized spacial score (nSPS) is 19.9. The first-order valence-corrected chi connectivity index (χ1v) is 9.31. The van der Waals surface area contributed by atoms with E-state index in [0.717, 1.165) is 0 Å².